The molecule has 2 N–H and O–H groups in total. The molecule has 7 nitrogen and oxygen atoms in total. The van der Waals surface area contributed by atoms with Crippen molar-refractivity contribution in [3.05, 3.63) is 33.8 Å². The van der Waals surface area contributed by atoms with E-state index in [4.69, 9.17) is 32.7 Å². The van der Waals surface area contributed by atoms with E-state index in [9.17, 15) is 14.7 Å². The summed E-state index contributed by atoms with van der Waals surface area (Å²) in [4.78, 5) is 24.3. The molecule has 0 saturated carbocycles. The fourth-order valence-electron chi connectivity index (χ4n) is 2.73. The number of nitrogens with one attached hydrogen (secondary N) is 1. The summed E-state index contributed by atoms with van der Waals surface area (Å²) in [6.07, 6.45) is -1.44. The second kappa shape index (κ2) is 9.24. The second-order valence-electron chi connectivity index (χ2n) is 5.69. The van der Waals surface area contributed by atoms with E-state index >= 15 is 0 Å². The molecular formula is C16H20Cl2N2O5. The van der Waals surface area contributed by atoms with Crippen molar-refractivity contribution in [1.82, 2.24) is 10.2 Å². The Bertz CT molecular complexity index is 629. The third-order valence-corrected chi connectivity index (χ3v) is 4.66. The Kier molecular flexibility index (Phi) is 7.31. The van der Waals surface area contributed by atoms with Crippen LogP contribution in [0.3, 0.4) is 0 Å². The van der Waals surface area contributed by atoms with Gasteiger partial charge in [-0.05, 0) is 17.7 Å². The second-order valence-corrected chi connectivity index (χ2v) is 6.51. The zero-order chi connectivity index (χ0) is 18.4. The first-order valence-corrected chi connectivity index (χ1v) is 8.48. The van der Waals surface area contributed by atoms with Crippen molar-refractivity contribution >= 4 is 35.2 Å². The third kappa shape index (κ3) is 5.47. The van der Waals surface area contributed by atoms with Gasteiger partial charge < -0.3 is 24.8 Å². The van der Waals surface area contributed by atoms with Crippen LogP contribution in [-0.4, -0.2) is 62.0 Å². The molecule has 1 heterocycles. The lowest BCUT2D eigenvalue weighted by atomic mass is 9.95. The largest absolute Gasteiger partial charge is 0.465 e. The molecule has 0 radical (unpaired) electrons. The molecule has 1 aliphatic heterocycles. The van der Waals surface area contributed by atoms with Crippen molar-refractivity contribution < 1.29 is 24.2 Å². The van der Waals surface area contributed by atoms with Gasteiger partial charge in [0, 0.05) is 32.7 Å². The van der Waals surface area contributed by atoms with Gasteiger partial charge in [-0.25, -0.2) is 4.79 Å². The van der Waals surface area contributed by atoms with E-state index in [0.717, 1.165) is 5.56 Å². The van der Waals surface area contributed by atoms with Crippen LogP contribution < -0.4 is 5.32 Å². The number of carbonyl (C=O) groups is 2. The van der Waals surface area contributed by atoms with Crippen molar-refractivity contribution in [2.75, 3.05) is 40.0 Å². The molecule has 1 fully saturated rings. The number of amides is 2. The lowest BCUT2D eigenvalue weighted by Crippen LogP contribution is -2.40. The minimum atomic E-state index is -1.02. The first kappa shape index (κ1) is 19.8. The Morgan fingerprint density at radius 1 is 1.40 bits per heavy atom. The van der Waals surface area contributed by atoms with E-state index in [2.05, 4.69) is 5.32 Å². The summed E-state index contributed by atoms with van der Waals surface area (Å²) in [7, 11) is 1.43. The molecule has 0 unspecified atom stereocenters. The number of rotatable bonds is 5. The van der Waals surface area contributed by atoms with E-state index < -0.39 is 12.2 Å². The summed E-state index contributed by atoms with van der Waals surface area (Å²) >= 11 is 12.1. The van der Waals surface area contributed by atoms with Gasteiger partial charge in [0.25, 0.3) is 0 Å². The number of hydrogen-bond acceptors (Lipinski definition) is 4. The molecule has 0 spiro atoms. The predicted molar refractivity (Wildman–Crippen MR) is 93.1 cm³/mol. The summed E-state index contributed by atoms with van der Waals surface area (Å²) in [5, 5.41) is 12.9. The molecule has 2 amide bonds. The number of halogens is 2. The van der Waals surface area contributed by atoms with Gasteiger partial charge in [0.2, 0.25) is 5.91 Å². The van der Waals surface area contributed by atoms with Crippen molar-refractivity contribution in [3.63, 3.8) is 0 Å². The van der Waals surface area contributed by atoms with Crippen LogP contribution in [0.15, 0.2) is 18.2 Å². The van der Waals surface area contributed by atoms with Crippen LogP contribution in [0.5, 0.6) is 0 Å². The van der Waals surface area contributed by atoms with Gasteiger partial charge in [-0.2, -0.15) is 0 Å². The SMILES string of the molecule is COCC(=O)NC[C@@H]1CN(C(=O)O)CCO[C@H]1c1ccc(Cl)c(Cl)c1. The Hall–Kier alpha value is -1.54. The molecule has 138 valence electrons. The topological polar surface area (TPSA) is 88.1 Å². The number of carbonyl (C=O) groups excluding carboxylic acids is 1. The quantitative estimate of drug-likeness (QED) is 0.805. The van der Waals surface area contributed by atoms with Crippen LogP contribution in [0, 0.1) is 5.92 Å². The highest BCUT2D eigenvalue weighted by molar-refractivity contribution is 6.42. The van der Waals surface area contributed by atoms with Gasteiger partial charge in [0.1, 0.15) is 6.61 Å². The summed E-state index contributed by atoms with van der Waals surface area (Å²) in [6.45, 7) is 0.924. The average molecular weight is 391 g/mol. The summed E-state index contributed by atoms with van der Waals surface area (Å²) in [5.41, 5.74) is 0.785. The fraction of sp³-hybridized carbons (Fsp3) is 0.500. The van der Waals surface area contributed by atoms with E-state index in [1.807, 2.05) is 0 Å². The van der Waals surface area contributed by atoms with E-state index in [0.29, 0.717) is 10.0 Å². The molecule has 2 atom stereocenters. The molecular weight excluding hydrogens is 371 g/mol. The predicted octanol–water partition coefficient (Wildman–Crippen LogP) is 2.42. The van der Waals surface area contributed by atoms with Gasteiger partial charge in [0.05, 0.1) is 22.8 Å². The van der Waals surface area contributed by atoms with Gasteiger partial charge >= 0.3 is 6.09 Å². The lowest BCUT2D eigenvalue weighted by molar-refractivity contribution is -0.125. The molecule has 0 aromatic heterocycles. The Morgan fingerprint density at radius 3 is 2.80 bits per heavy atom. The highest BCUT2D eigenvalue weighted by Gasteiger charge is 2.31. The molecule has 0 bridgehead atoms. The van der Waals surface area contributed by atoms with Gasteiger partial charge in [-0.3, -0.25) is 4.79 Å². The maximum atomic E-state index is 11.7. The first-order chi connectivity index (χ1) is 11.9. The van der Waals surface area contributed by atoms with Crippen LogP contribution in [0.1, 0.15) is 11.7 Å². The summed E-state index contributed by atoms with van der Waals surface area (Å²) in [6, 6.07) is 5.16. The number of ether oxygens (including phenoxy) is 2. The maximum absolute atomic E-state index is 11.7. The van der Waals surface area contributed by atoms with Crippen LogP contribution in [0.4, 0.5) is 4.79 Å². The molecule has 25 heavy (non-hydrogen) atoms. The molecule has 0 aliphatic carbocycles. The molecule has 2 rings (SSSR count). The van der Waals surface area contributed by atoms with Crippen LogP contribution in [0.2, 0.25) is 10.0 Å². The standard InChI is InChI=1S/C16H20Cl2N2O5/c1-24-9-14(21)19-7-11-8-20(16(22)23)4-5-25-15(11)10-2-3-12(17)13(18)6-10/h2-3,6,11,15H,4-5,7-9H2,1H3,(H,19,21)(H,22,23)/t11-,15+/m1/s1. The molecule has 1 aromatic carbocycles. The minimum absolute atomic E-state index is 0.0618. The highest BCUT2D eigenvalue weighted by atomic mass is 35.5. The number of benzene rings is 1. The maximum Gasteiger partial charge on any atom is 0.407 e. The molecule has 1 aliphatic rings. The normalized spacial score (nSPS) is 20.8. The molecule has 1 aromatic rings. The first-order valence-electron chi connectivity index (χ1n) is 7.72. The zero-order valence-corrected chi connectivity index (χ0v) is 15.2. The fourth-order valence-corrected chi connectivity index (χ4v) is 3.03. The van der Waals surface area contributed by atoms with Crippen LogP contribution in [-0.2, 0) is 14.3 Å². The average Bonchev–Trinajstić information content (AvgIpc) is 2.78. The van der Waals surface area contributed by atoms with E-state index in [1.165, 1.54) is 12.0 Å². The summed E-state index contributed by atoms with van der Waals surface area (Å²) in [5.74, 6) is -0.557. The van der Waals surface area contributed by atoms with Gasteiger partial charge in [-0.1, -0.05) is 29.3 Å². The number of hydrogen-bond donors (Lipinski definition) is 2. The molecule has 9 heteroatoms. The zero-order valence-electron chi connectivity index (χ0n) is 13.7. The number of nitrogens with zero attached hydrogens (tertiary/aromatic N) is 1. The third-order valence-electron chi connectivity index (χ3n) is 3.92. The van der Waals surface area contributed by atoms with E-state index in [-0.39, 0.29) is 44.7 Å². The molecule has 1 saturated heterocycles. The van der Waals surface area contributed by atoms with Crippen molar-refractivity contribution in [2.24, 2.45) is 5.92 Å². The summed E-state index contributed by atoms with van der Waals surface area (Å²) < 4.78 is 10.7. The number of carboxylic acid groups (broad SMARTS) is 1. The van der Waals surface area contributed by atoms with Gasteiger partial charge in [-0.15, -0.1) is 0 Å². The minimum Gasteiger partial charge on any atom is -0.465 e. The Morgan fingerprint density at radius 2 is 2.16 bits per heavy atom. The Labute approximate surface area is 155 Å². The van der Waals surface area contributed by atoms with E-state index in [1.54, 1.807) is 18.2 Å². The monoisotopic (exact) mass is 390 g/mol. The smallest absolute Gasteiger partial charge is 0.407 e. The van der Waals surface area contributed by atoms with Crippen LogP contribution in [0.25, 0.3) is 0 Å². The van der Waals surface area contributed by atoms with Crippen molar-refractivity contribution in [3.8, 4) is 0 Å². The Balaban J connectivity index is 2.21. The van der Waals surface area contributed by atoms with Crippen molar-refractivity contribution in [1.29, 1.82) is 0 Å². The lowest BCUT2D eigenvalue weighted by Gasteiger charge is -2.27. The van der Waals surface area contributed by atoms with Gasteiger partial charge in [0.15, 0.2) is 0 Å². The highest BCUT2D eigenvalue weighted by Crippen LogP contribution is 2.33. The number of methoxy groups -OCH3 is 1. The van der Waals surface area contributed by atoms with Crippen molar-refractivity contribution in [2.45, 2.75) is 6.10 Å². The van der Waals surface area contributed by atoms with Crippen LogP contribution >= 0.6 is 23.2 Å².